The molecule has 1 aromatic heterocycles. The zero-order chi connectivity index (χ0) is 20.8. The van der Waals surface area contributed by atoms with Crippen LogP contribution in [-0.4, -0.2) is 46.0 Å². The third kappa shape index (κ3) is 5.31. The molecule has 1 saturated heterocycles. The second-order valence-electron chi connectivity index (χ2n) is 7.00. The van der Waals surface area contributed by atoms with E-state index in [1.165, 1.54) is 12.1 Å². The SMILES string of the molecule is Cc1nc(C(=O)Nc2ccc(NC(=O)N3CCCCCC3)cc2)ccc1C(=O)O. The summed E-state index contributed by atoms with van der Waals surface area (Å²) in [6, 6.07) is 9.45. The van der Waals surface area contributed by atoms with Gasteiger partial charge < -0.3 is 20.6 Å². The second-order valence-corrected chi connectivity index (χ2v) is 7.00. The highest BCUT2D eigenvalue weighted by Crippen LogP contribution is 2.17. The minimum absolute atomic E-state index is 0.0612. The molecule has 1 aliphatic rings. The number of anilines is 2. The van der Waals surface area contributed by atoms with E-state index >= 15 is 0 Å². The smallest absolute Gasteiger partial charge is 0.337 e. The molecule has 0 unspecified atom stereocenters. The van der Waals surface area contributed by atoms with E-state index in [2.05, 4.69) is 15.6 Å². The van der Waals surface area contributed by atoms with E-state index < -0.39 is 11.9 Å². The van der Waals surface area contributed by atoms with Crippen molar-refractivity contribution in [2.24, 2.45) is 0 Å². The zero-order valence-electron chi connectivity index (χ0n) is 16.3. The molecule has 2 aromatic rings. The Morgan fingerprint density at radius 2 is 1.48 bits per heavy atom. The Labute approximate surface area is 168 Å². The molecule has 0 aliphatic carbocycles. The number of carboxylic acid groups (broad SMARTS) is 1. The molecule has 8 nitrogen and oxygen atoms in total. The van der Waals surface area contributed by atoms with Crippen molar-refractivity contribution in [3.05, 3.63) is 53.3 Å². The number of carboxylic acids is 1. The first-order chi connectivity index (χ1) is 13.9. The molecule has 0 atom stereocenters. The van der Waals surface area contributed by atoms with Crippen LogP contribution in [0.15, 0.2) is 36.4 Å². The number of carbonyl (C=O) groups excluding carboxylic acids is 2. The first kappa shape index (κ1) is 20.3. The van der Waals surface area contributed by atoms with Crippen molar-refractivity contribution in [3.8, 4) is 0 Å². The maximum atomic E-state index is 12.4. The van der Waals surface area contributed by atoms with E-state index in [-0.39, 0.29) is 23.0 Å². The summed E-state index contributed by atoms with van der Waals surface area (Å²) in [5.41, 5.74) is 1.66. The first-order valence-corrected chi connectivity index (χ1v) is 9.62. The van der Waals surface area contributed by atoms with E-state index in [0.717, 1.165) is 38.8 Å². The Balaban J connectivity index is 1.60. The van der Waals surface area contributed by atoms with Crippen LogP contribution in [-0.2, 0) is 0 Å². The molecule has 1 aliphatic heterocycles. The van der Waals surface area contributed by atoms with Gasteiger partial charge in [0.2, 0.25) is 0 Å². The lowest BCUT2D eigenvalue weighted by Crippen LogP contribution is -2.35. The average Bonchev–Trinajstić information content (AvgIpc) is 2.98. The fourth-order valence-electron chi connectivity index (χ4n) is 3.22. The number of pyridine rings is 1. The van der Waals surface area contributed by atoms with Gasteiger partial charge in [-0.2, -0.15) is 0 Å². The predicted octanol–water partition coefficient (Wildman–Crippen LogP) is 3.75. The van der Waals surface area contributed by atoms with Crippen LogP contribution in [0.3, 0.4) is 0 Å². The average molecular weight is 396 g/mol. The van der Waals surface area contributed by atoms with E-state index in [9.17, 15) is 14.4 Å². The molecule has 2 heterocycles. The van der Waals surface area contributed by atoms with Gasteiger partial charge in [0.05, 0.1) is 11.3 Å². The van der Waals surface area contributed by atoms with Crippen LogP contribution in [0.5, 0.6) is 0 Å². The fourth-order valence-corrected chi connectivity index (χ4v) is 3.22. The highest BCUT2D eigenvalue weighted by atomic mass is 16.4. The summed E-state index contributed by atoms with van der Waals surface area (Å²) in [7, 11) is 0. The van der Waals surface area contributed by atoms with Gasteiger partial charge in [-0.15, -0.1) is 0 Å². The molecule has 3 amide bonds. The number of hydrogen-bond donors (Lipinski definition) is 3. The summed E-state index contributed by atoms with van der Waals surface area (Å²) in [4.78, 5) is 41.7. The van der Waals surface area contributed by atoms with Crippen molar-refractivity contribution in [1.82, 2.24) is 9.88 Å². The lowest BCUT2D eigenvalue weighted by atomic mass is 10.2. The van der Waals surface area contributed by atoms with Gasteiger partial charge in [-0.25, -0.2) is 14.6 Å². The second kappa shape index (κ2) is 9.18. The largest absolute Gasteiger partial charge is 0.478 e. The van der Waals surface area contributed by atoms with Gasteiger partial charge in [0.1, 0.15) is 5.69 Å². The summed E-state index contributed by atoms with van der Waals surface area (Å²) >= 11 is 0. The molecule has 1 aromatic carbocycles. The van der Waals surface area contributed by atoms with Crippen molar-refractivity contribution >= 4 is 29.3 Å². The summed E-state index contributed by atoms with van der Waals surface area (Å²) in [5, 5.41) is 14.6. The van der Waals surface area contributed by atoms with Gasteiger partial charge in [-0.05, 0) is 56.2 Å². The van der Waals surface area contributed by atoms with Crippen LogP contribution in [0, 0.1) is 6.92 Å². The Morgan fingerprint density at radius 1 is 0.897 bits per heavy atom. The highest BCUT2D eigenvalue weighted by molar-refractivity contribution is 6.03. The van der Waals surface area contributed by atoms with Gasteiger partial charge in [0.15, 0.2) is 0 Å². The van der Waals surface area contributed by atoms with Crippen LogP contribution < -0.4 is 10.6 Å². The number of aromatic nitrogens is 1. The number of hydrogen-bond acceptors (Lipinski definition) is 4. The van der Waals surface area contributed by atoms with Gasteiger partial charge in [0, 0.05) is 24.5 Å². The molecule has 0 bridgehead atoms. The zero-order valence-corrected chi connectivity index (χ0v) is 16.3. The van der Waals surface area contributed by atoms with Crippen molar-refractivity contribution in [1.29, 1.82) is 0 Å². The molecule has 29 heavy (non-hydrogen) atoms. The molecule has 3 rings (SSSR count). The molecule has 152 valence electrons. The number of aromatic carboxylic acids is 1. The Bertz CT molecular complexity index is 903. The number of nitrogens with zero attached hydrogens (tertiary/aromatic N) is 2. The lowest BCUT2D eigenvalue weighted by Gasteiger charge is -2.20. The number of benzene rings is 1. The monoisotopic (exact) mass is 396 g/mol. The van der Waals surface area contributed by atoms with Gasteiger partial charge in [-0.3, -0.25) is 4.79 Å². The third-order valence-corrected chi connectivity index (χ3v) is 4.84. The van der Waals surface area contributed by atoms with E-state index in [4.69, 9.17) is 5.11 Å². The van der Waals surface area contributed by atoms with Crippen molar-refractivity contribution in [3.63, 3.8) is 0 Å². The van der Waals surface area contributed by atoms with Crippen LogP contribution >= 0.6 is 0 Å². The quantitative estimate of drug-likeness (QED) is 0.729. The predicted molar refractivity (Wildman–Crippen MR) is 109 cm³/mol. The molecule has 1 fully saturated rings. The maximum Gasteiger partial charge on any atom is 0.337 e. The van der Waals surface area contributed by atoms with Gasteiger partial charge in [0.25, 0.3) is 5.91 Å². The van der Waals surface area contributed by atoms with Crippen molar-refractivity contribution in [2.45, 2.75) is 32.6 Å². The fraction of sp³-hybridized carbons (Fsp3) is 0.333. The first-order valence-electron chi connectivity index (χ1n) is 9.62. The van der Waals surface area contributed by atoms with Crippen LogP contribution in [0.4, 0.5) is 16.2 Å². The molecule has 8 heteroatoms. The third-order valence-electron chi connectivity index (χ3n) is 4.84. The molecule has 0 saturated carbocycles. The number of urea groups is 1. The number of likely N-dealkylation sites (tertiary alicyclic amines) is 1. The van der Waals surface area contributed by atoms with Gasteiger partial charge >= 0.3 is 12.0 Å². The number of amides is 3. The molecular formula is C21H24N4O4. The van der Waals surface area contributed by atoms with Crippen molar-refractivity contribution in [2.75, 3.05) is 23.7 Å². The molecule has 3 N–H and O–H groups in total. The molecule has 0 radical (unpaired) electrons. The standard InChI is InChI=1S/C21H24N4O4/c1-14-17(20(27)28)10-11-18(22-14)19(26)23-15-6-8-16(9-7-15)24-21(29)25-12-4-2-3-5-13-25/h6-11H,2-5,12-13H2,1H3,(H,23,26)(H,24,29)(H,27,28). The summed E-state index contributed by atoms with van der Waals surface area (Å²) < 4.78 is 0. The van der Waals surface area contributed by atoms with Crippen LogP contribution in [0.25, 0.3) is 0 Å². The normalized spacial score (nSPS) is 14.0. The molecule has 0 spiro atoms. The minimum atomic E-state index is -1.08. The number of carbonyl (C=O) groups is 3. The Kier molecular flexibility index (Phi) is 6.43. The van der Waals surface area contributed by atoms with E-state index in [1.807, 2.05) is 4.90 Å². The summed E-state index contributed by atoms with van der Waals surface area (Å²) in [6.45, 7) is 3.09. The molecular weight excluding hydrogens is 372 g/mol. The van der Waals surface area contributed by atoms with Crippen molar-refractivity contribution < 1.29 is 19.5 Å². The number of rotatable bonds is 4. The van der Waals surface area contributed by atoms with E-state index in [0.29, 0.717) is 11.4 Å². The number of aryl methyl sites for hydroxylation is 1. The Hall–Kier alpha value is -3.42. The summed E-state index contributed by atoms with van der Waals surface area (Å²) in [6.07, 6.45) is 4.37. The lowest BCUT2D eigenvalue weighted by molar-refractivity contribution is 0.0695. The van der Waals surface area contributed by atoms with Crippen LogP contribution in [0.1, 0.15) is 52.2 Å². The summed E-state index contributed by atoms with van der Waals surface area (Å²) in [5.74, 6) is -1.52. The highest BCUT2D eigenvalue weighted by Gasteiger charge is 2.16. The van der Waals surface area contributed by atoms with Gasteiger partial charge in [-0.1, -0.05) is 12.8 Å². The maximum absolute atomic E-state index is 12.4. The van der Waals surface area contributed by atoms with Crippen LogP contribution in [0.2, 0.25) is 0 Å². The Morgan fingerprint density at radius 3 is 2.03 bits per heavy atom. The minimum Gasteiger partial charge on any atom is -0.478 e. The topological polar surface area (TPSA) is 112 Å². The number of nitrogens with one attached hydrogen (secondary N) is 2. The van der Waals surface area contributed by atoms with E-state index in [1.54, 1.807) is 31.2 Å².